The molecule has 0 N–H and O–H groups in total. The molecule has 0 amide bonds. The molecule has 4 rings (SSSR count). The highest BCUT2D eigenvalue weighted by molar-refractivity contribution is 6.31. The normalized spacial score (nSPS) is 16.5. The molecule has 0 radical (unpaired) electrons. The first-order valence-electron chi connectivity index (χ1n) is 8.79. The van der Waals surface area contributed by atoms with Gasteiger partial charge < -0.3 is 14.4 Å². The van der Waals surface area contributed by atoms with Crippen molar-refractivity contribution >= 4 is 40.6 Å². The van der Waals surface area contributed by atoms with Crippen LogP contribution in [0.2, 0.25) is 5.02 Å². The molecule has 0 bridgehead atoms. The largest absolute Gasteiger partial charge is 0.493 e. The van der Waals surface area contributed by atoms with E-state index in [9.17, 15) is 4.39 Å². The van der Waals surface area contributed by atoms with Gasteiger partial charge in [-0.3, -0.25) is 0 Å². The number of hydrogen-bond acceptors (Lipinski definition) is 5. The summed E-state index contributed by atoms with van der Waals surface area (Å²) in [5.41, 5.74) is 1.30. The fourth-order valence-corrected chi connectivity index (χ4v) is 3.58. The molecule has 5 nitrogen and oxygen atoms in total. The van der Waals surface area contributed by atoms with Crippen LogP contribution in [0.15, 0.2) is 42.9 Å². The maximum Gasteiger partial charge on any atom is 0.165 e. The first-order chi connectivity index (χ1) is 13.2. The maximum absolute atomic E-state index is 14.4. The number of hydrogen-bond donors (Lipinski definition) is 0. The number of halogens is 3. The lowest BCUT2D eigenvalue weighted by Crippen LogP contribution is -2.41. The molecule has 1 fully saturated rings. The molecule has 3 aromatic rings. The zero-order valence-electron chi connectivity index (χ0n) is 15.3. The predicted octanol–water partition coefficient (Wildman–Crippen LogP) is 4.90. The van der Waals surface area contributed by atoms with Crippen molar-refractivity contribution < 1.29 is 13.9 Å². The first-order valence-corrected chi connectivity index (χ1v) is 9.17. The van der Waals surface area contributed by atoms with E-state index in [4.69, 9.17) is 21.1 Å². The van der Waals surface area contributed by atoms with Crippen molar-refractivity contribution in [3.8, 4) is 11.5 Å². The Bertz CT molecular complexity index is 973. The zero-order chi connectivity index (χ0) is 18.8. The minimum Gasteiger partial charge on any atom is -0.493 e. The van der Waals surface area contributed by atoms with Gasteiger partial charge in [0.25, 0.3) is 0 Å². The Labute approximate surface area is 173 Å². The summed E-state index contributed by atoms with van der Waals surface area (Å²) in [7, 11) is 1.60. The third kappa shape index (κ3) is 4.08. The van der Waals surface area contributed by atoms with Crippen LogP contribution in [0, 0.1) is 5.82 Å². The number of rotatable bonds is 4. The summed E-state index contributed by atoms with van der Waals surface area (Å²) in [6.07, 6.45) is 4.93. The molecule has 0 unspecified atom stereocenters. The zero-order valence-corrected chi connectivity index (χ0v) is 16.8. The Balaban J connectivity index is 0.00000225. The molecule has 1 aliphatic heterocycles. The lowest BCUT2D eigenvalue weighted by Gasteiger charge is -2.35. The Morgan fingerprint density at radius 3 is 2.93 bits per heavy atom. The Morgan fingerprint density at radius 1 is 1.25 bits per heavy atom. The van der Waals surface area contributed by atoms with E-state index >= 15 is 0 Å². The van der Waals surface area contributed by atoms with Gasteiger partial charge in [0.15, 0.2) is 17.3 Å². The smallest absolute Gasteiger partial charge is 0.165 e. The van der Waals surface area contributed by atoms with Gasteiger partial charge in [-0.25, -0.2) is 14.4 Å². The second kappa shape index (κ2) is 8.80. The molecule has 8 heteroatoms. The highest BCUT2D eigenvalue weighted by atomic mass is 35.5. The van der Waals surface area contributed by atoms with E-state index in [0.29, 0.717) is 23.7 Å². The van der Waals surface area contributed by atoms with Crippen LogP contribution < -0.4 is 14.4 Å². The molecule has 0 aliphatic carbocycles. The lowest BCUT2D eigenvalue weighted by atomic mass is 10.1. The number of piperidine rings is 1. The van der Waals surface area contributed by atoms with Crippen LogP contribution >= 0.6 is 24.0 Å². The molecule has 2 heterocycles. The number of nitrogens with zero attached hydrogens (tertiary/aromatic N) is 3. The number of methoxy groups -OCH3 is 1. The van der Waals surface area contributed by atoms with E-state index in [1.54, 1.807) is 31.5 Å². The molecule has 28 heavy (non-hydrogen) atoms. The number of benzene rings is 2. The summed E-state index contributed by atoms with van der Waals surface area (Å²) in [6, 6.07) is 8.78. The minimum absolute atomic E-state index is 0. The van der Waals surface area contributed by atoms with Crippen molar-refractivity contribution in [3.63, 3.8) is 0 Å². The number of anilines is 1. The summed E-state index contributed by atoms with van der Waals surface area (Å²) >= 11 is 5.93. The van der Waals surface area contributed by atoms with Gasteiger partial charge in [-0.15, -0.1) is 12.4 Å². The predicted molar refractivity (Wildman–Crippen MR) is 111 cm³/mol. The van der Waals surface area contributed by atoms with Gasteiger partial charge in [-0.1, -0.05) is 17.7 Å². The second-order valence-corrected chi connectivity index (χ2v) is 6.89. The van der Waals surface area contributed by atoms with Crippen molar-refractivity contribution in [2.24, 2.45) is 0 Å². The van der Waals surface area contributed by atoms with Crippen LogP contribution in [-0.4, -0.2) is 36.3 Å². The van der Waals surface area contributed by atoms with Gasteiger partial charge in [0.2, 0.25) is 0 Å². The molecular weight excluding hydrogens is 404 g/mol. The molecule has 1 aromatic heterocycles. The minimum atomic E-state index is -0.389. The van der Waals surface area contributed by atoms with Crippen molar-refractivity contribution in [1.29, 1.82) is 0 Å². The van der Waals surface area contributed by atoms with Crippen molar-refractivity contribution in [2.75, 3.05) is 25.1 Å². The van der Waals surface area contributed by atoms with Crippen LogP contribution in [-0.2, 0) is 0 Å². The summed E-state index contributed by atoms with van der Waals surface area (Å²) in [4.78, 5) is 10.3. The molecule has 148 valence electrons. The SMILES string of the molecule is COc1cc2ncncc2cc1O[C@@H]1CCCN(c2cccc(Cl)c2F)C1.Cl. The number of ether oxygens (including phenoxy) is 2. The van der Waals surface area contributed by atoms with Gasteiger partial charge in [-0.05, 0) is 31.0 Å². The van der Waals surface area contributed by atoms with E-state index in [0.717, 1.165) is 30.3 Å². The van der Waals surface area contributed by atoms with Crippen LogP contribution in [0.25, 0.3) is 10.9 Å². The standard InChI is InChI=1S/C20H19ClFN3O2.ClH/c1-26-18-9-16-13(10-23-12-24-16)8-19(18)27-14-4-3-7-25(11-14)17-6-2-5-15(21)20(17)22;/h2,5-6,8-10,12,14H,3-4,7,11H2,1H3;1H/t14-;/m1./s1. The summed E-state index contributed by atoms with van der Waals surface area (Å²) in [6.45, 7) is 1.34. The van der Waals surface area contributed by atoms with Crippen molar-refractivity contribution in [3.05, 3.63) is 53.7 Å². The van der Waals surface area contributed by atoms with E-state index in [1.165, 1.54) is 6.33 Å². The van der Waals surface area contributed by atoms with E-state index in [1.807, 2.05) is 17.0 Å². The van der Waals surface area contributed by atoms with Gasteiger partial charge in [0.1, 0.15) is 12.4 Å². The Kier molecular flexibility index (Phi) is 6.42. The fourth-order valence-electron chi connectivity index (χ4n) is 3.41. The molecular formula is C20H20Cl2FN3O2. The van der Waals surface area contributed by atoms with E-state index < -0.39 is 0 Å². The fraction of sp³-hybridized carbons (Fsp3) is 0.300. The summed E-state index contributed by atoms with van der Waals surface area (Å²) < 4.78 is 26.1. The first kappa shape index (κ1) is 20.4. The Hall–Kier alpha value is -2.31. The third-order valence-corrected chi connectivity index (χ3v) is 5.03. The second-order valence-electron chi connectivity index (χ2n) is 6.49. The number of aromatic nitrogens is 2. The third-order valence-electron chi connectivity index (χ3n) is 4.73. The lowest BCUT2D eigenvalue weighted by molar-refractivity contribution is 0.172. The van der Waals surface area contributed by atoms with Crippen molar-refractivity contribution in [1.82, 2.24) is 9.97 Å². The van der Waals surface area contributed by atoms with Crippen molar-refractivity contribution in [2.45, 2.75) is 18.9 Å². The van der Waals surface area contributed by atoms with Gasteiger partial charge in [0, 0.05) is 24.2 Å². The van der Waals surface area contributed by atoms with Crippen LogP contribution in [0.4, 0.5) is 10.1 Å². The molecule has 1 atom stereocenters. The van der Waals surface area contributed by atoms with Gasteiger partial charge in [0.05, 0.1) is 29.9 Å². The van der Waals surface area contributed by atoms with Crippen LogP contribution in [0.1, 0.15) is 12.8 Å². The Morgan fingerprint density at radius 2 is 2.11 bits per heavy atom. The molecule has 1 aliphatic rings. The molecule has 0 saturated carbocycles. The van der Waals surface area contributed by atoms with Crippen LogP contribution in [0.3, 0.4) is 0 Å². The van der Waals surface area contributed by atoms with Gasteiger partial charge >= 0.3 is 0 Å². The number of fused-ring (bicyclic) bond motifs is 1. The van der Waals surface area contributed by atoms with E-state index in [2.05, 4.69) is 9.97 Å². The highest BCUT2D eigenvalue weighted by Gasteiger charge is 2.25. The summed E-state index contributed by atoms with van der Waals surface area (Å²) in [5.74, 6) is 0.866. The average Bonchev–Trinajstić information content (AvgIpc) is 2.70. The average molecular weight is 424 g/mol. The maximum atomic E-state index is 14.4. The monoisotopic (exact) mass is 423 g/mol. The van der Waals surface area contributed by atoms with Gasteiger partial charge in [-0.2, -0.15) is 0 Å². The highest BCUT2D eigenvalue weighted by Crippen LogP contribution is 2.34. The van der Waals surface area contributed by atoms with E-state index in [-0.39, 0.29) is 29.4 Å². The molecule has 2 aromatic carbocycles. The van der Waals surface area contributed by atoms with Crippen LogP contribution in [0.5, 0.6) is 11.5 Å². The topological polar surface area (TPSA) is 47.5 Å². The molecule has 0 spiro atoms. The summed E-state index contributed by atoms with van der Waals surface area (Å²) in [5, 5.41) is 1.01. The molecule has 1 saturated heterocycles. The quantitative estimate of drug-likeness (QED) is 0.596.